The number of aryl methyl sites for hydroxylation is 6. The summed E-state index contributed by atoms with van der Waals surface area (Å²) in [4.78, 5) is 9.60. The van der Waals surface area contributed by atoms with Gasteiger partial charge in [0.25, 0.3) is 0 Å². The van der Waals surface area contributed by atoms with Gasteiger partial charge >= 0.3 is 257 Å². The number of hydrogen-bond donors (Lipinski definition) is 0. The van der Waals surface area contributed by atoms with Gasteiger partial charge in [-0.1, -0.05) is 0 Å². The molecule has 4 nitrogen and oxygen atoms in total. The molecule has 41 heavy (non-hydrogen) atoms. The normalized spacial score (nSPS) is 15.3. The molecule has 1 aliphatic heterocycles. The molecule has 7 heteroatoms. The molecule has 5 rings (SSSR count). The molecule has 2 heterocycles. The maximum absolute atomic E-state index is 7.75. The van der Waals surface area contributed by atoms with Crippen molar-refractivity contribution in [3.63, 3.8) is 0 Å². The molecule has 1 unspecified atom stereocenters. The number of hydrogen-bond acceptors (Lipinski definition) is 4. The van der Waals surface area contributed by atoms with E-state index >= 15 is 0 Å². The topological polar surface area (TPSA) is 28.6 Å². The minimum atomic E-state index is -3.79. The van der Waals surface area contributed by atoms with E-state index in [-0.39, 0.29) is 10.9 Å². The van der Waals surface area contributed by atoms with Crippen LogP contribution >= 0.6 is 19.4 Å². The van der Waals surface area contributed by atoms with E-state index in [1.165, 1.54) is 22.3 Å². The van der Waals surface area contributed by atoms with E-state index in [0.717, 1.165) is 45.3 Å². The van der Waals surface area contributed by atoms with Gasteiger partial charge in [-0.15, -0.1) is 0 Å². The third kappa shape index (κ3) is 5.69. The fourth-order valence-electron chi connectivity index (χ4n) is 5.99. The number of para-hydroxylation sites is 1. The molecule has 0 radical (unpaired) electrons. The van der Waals surface area contributed by atoms with Crippen molar-refractivity contribution in [2.24, 2.45) is 0 Å². The first-order valence-electron chi connectivity index (χ1n) is 13.8. The number of nitrogens with zero attached hydrogens (tertiary/aromatic N) is 3. The molecule has 3 aromatic carbocycles. The molecule has 0 bridgehead atoms. The molecule has 1 atom stereocenters. The van der Waals surface area contributed by atoms with Gasteiger partial charge in [0.1, 0.15) is 0 Å². The molecule has 0 aliphatic carbocycles. The molecular formula is C34H38Cl2N3ORu. The summed E-state index contributed by atoms with van der Waals surface area (Å²) >= 11 is -3.79. The Hall–Kier alpha value is -2.72. The number of aromatic nitrogens is 1. The number of halogens is 2. The zero-order valence-electron chi connectivity index (χ0n) is 24.9. The van der Waals surface area contributed by atoms with Crippen molar-refractivity contribution in [2.45, 2.75) is 66.3 Å². The van der Waals surface area contributed by atoms with Gasteiger partial charge in [-0.3, -0.25) is 0 Å². The zero-order chi connectivity index (χ0) is 29.6. The first-order valence-corrected chi connectivity index (χ1v) is 20.3. The van der Waals surface area contributed by atoms with Crippen molar-refractivity contribution < 1.29 is 17.1 Å². The standard InChI is InChI=1S/C24H26N3.C10H12O.2ClH.Ru/c1-15-10-17(3)22(18(4)11-15)26-14-27(24-21(26)8-7-9-25-24)23-19(5)12-16(2)13-20(23)6;1-8(2)11-10-7-5-4-6-9(10)3;;;/h7-14H,1-6H3;3-8H,1-2H3;2*1H;/q;;;;+2/p-2. The van der Waals surface area contributed by atoms with E-state index in [1.54, 1.807) is 0 Å². The predicted molar refractivity (Wildman–Crippen MR) is 173 cm³/mol. The molecule has 217 valence electrons. The summed E-state index contributed by atoms with van der Waals surface area (Å²) in [6.45, 7) is 17.0. The number of fused-ring (bicyclic) bond motifs is 1. The van der Waals surface area contributed by atoms with Gasteiger partial charge in [0, 0.05) is 0 Å². The van der Waals surface area contributed by atoms with Crippen LogP contribution in [0, 0.1) is 41.5 Å². The van der Waals surface area contributed by atoms with Crippen LogP contribution in [-0.4, -0.2) is 20.5 Å². The molecule has 1 aromatic heterocycles. The Bertz CT molecular complexity index is 1550. The monoisotopic (exact) mass is 676 g/mol. The second-order valence-electron chi connectivity index (χ2n) is 11.2. The van der Waals surface area contributed by atoms with Crippen LogP contribution in [0.25, 0.3) is 0 Å². The van der Waals surface area contributed by atoms with Crippen LogP contribution in [-0.2, 0) is 12.3 Å². The number of ether oxygens (including phenoxy) is 1. The van der Waals surface area contributed by atoms with Gasteiger partial charge in [0.2, 0.25) is 0 Å². The van der Waals surface area contributed by atoms with Crippen LogP contribution in [0.15, 0.2) is 66.9 Å². The maximum atomic E-state index is 7.75. The van der Waals surface area contributed by atoms with Gasteiger partial charge in [0.15, 0.2) is 0 Å². The van der Waals surface area contributed by atoms with Crippen LogP contribution in [0.4, 0.5) is 22.9 Å². The summed E-state index contributed by atoms with van der Waals surface area (Å²) in [5, 5.41) is 0. The Balaban J connectivity index is 1.84. The van der Waals surface area contributed by atoms with Gasteiger partial charge in [-0.05, 0) is 0 Å². The summed E-state index contributed by atoms with van der Waals surface area (Å²) in [7, 11) is 15.5. The molecule has 4 aromatic rings. The third-order valence-corrected chi connectivity index (χ3v) is 13.0. The van der Waals surface area contributed by atoms with Crippen molar-refractivity contribution in [3.8, 4) is 5.75 Å². The van der Waals surface area contributed by atoms with E-state index in [0.29, 0.717) is 0 Å². The van der Waals surface area contributed by atoms with E-state index in [4.69, 9.17) is 29.1 Å². The SMILES string of the molecule is Cc1cc(C)c(N2c3cccnc3N(c3c(C)cc(C)cc3C)[CH]2[Ru]([Cl])([Cl])=[CH]c2ccccc2OC(C)C)c(C)c1. The summed E-state index contributed by atoms with van der Waals surface area (Å²) in [6.07, 6.45) is 1.88. The Morgan fingerprint density at radius 1 is 0.780 bits per heavy atom. The van der Waals surface area contributed by atoms with Gasteiger partial charge in [-0.25, -0.2) is 0 Å². The van der Waals surface area contributed by atoms with Crippen LogP contribution in [0.5, 0.6) is 5.75 Å². The Morgan fingerprint density at radius 2 is 1.32 bits per heavy atom. The summed E-state index contributed by atoms with van der Waals surface area (Å²) in [5.74, 6) is 1.64. The van der Waals surface area contributed by atoms with E-state index in [2.05, 4.69) is 86.3 Å². The second-order valence-corrected chi connectivity index (χ2v) is 20.9. The van der Waals surface area contributed by atoms with Crippen LogP contribution < -0.4 is 14.5 Å². The zero-order valence-corrected chi connectivity index (χ0v) is 28.2. The fourth-order valence-corrected chi connectivity index (χ4v) is 12.1. The number of rotatable bonds is 6. The average Bonchev–Trinajstić information content (AvgIpc) is 3.19. The van der Waals surface area contributed by atoms with E-state index in [1.807, 2.05) is 50.4 Å². The van der Waals surface area contributed by atoms with Crippen LogP contribution in [0.3, 0.4) is 0 Å². The molecule has 0 fully saturated rings. The van der Waals surface area contributed by atoms with Gasteiger partial charge in [-0.2, -0.15) is 0 Å². The third-order valence-electron chi connectivity index (χ3n) is 7.19. The average molecular weight is 677 g/mol. The van der Waals surface area contributed by atoms with Crippen molar-refractivity contribution in [1.82, 2.24) is 4.98 Å². The van der Waals surface area contributed by atoms with Crippen molar-refractivity contribution in [3.05, 3.63) is 106 Å². The van der Waals surface area contributed by atoms with Crippen molar-refractivity contribution in [2.75, 3.05) is 9.80 Å². The van der Waals surface area contributed by atoms with Crippen molar-refractivity contribution in [1.29, 1.82) is 0 Å². The Morgan fingerprint density at radius 3 is 1.88 bits per heavy atom. The summed E-state index contributed by atoms with van der Waals surface area (Å²) in [5.41, 5.74) is 11.2. The van der Waals surface area contributed by atoms with Gasteiger partial charge < -0.3 is 0 Å². The molecule has 0 N–H and O–H groups in total. The fraction of sp³-hybridized carbons (Fsp3) is 0.294. The molecule has 0 saturated carbocycles. The van der Waals surface area contributed by atoms with E-state index in [9.17, 15) is 0 Å². The Kier molecular flexibility index (Phi) is 8.36. The first kappa shape index (κ1) is 29.8. The quantitative estimate of drug-likeness (QED) is 0.190. The molecule has 0 spiro atoms. The minimum absolute atomic E-state index is 0.0265. The number of pyridine rings is 1. The summed E-state index contributed by atoms with van der Waals surface area (Å²) in [6, 6.07) is 21.0. The molecule has 1 aliphatic rings. The number of anilines is 4. The number of benzene rings is 3. The molecule has 0 amide bonds. The van der Waals surface area contributed by atoms with E-state index < -0.39 is 12.3 Å². The first-order chi connectivity index (χ1) is 19.4. The van der Waals surface area contributed by atoms with Crippen LogP contribution in [0.2, 0.25) is 0 Å². The van der Waals surface area contributed by atoms with Gasteiger partial charge in [0.05, 0.1) is 0 Å². The molecular weight excluding hydrogens is 638 g/mol. The predicted octanol–water partition coefficient (Wildman–Crippen LogP) is 9.60. The summed E-state index contributed by atoms with van der Waals surface area (Å²) < 4.78 is 7.89. The molecule has 0 saturated heterocycles. The second kappa shape index (κ2) is 11.5. The van der Waals surface area contributed by atoms with Crippen LogP contribution in [0.1, 0.15) is 52.8 Å². The van der Waals surface area contributed by atoms with Crippen molar-refractivity contribution >= 4 is 46.9 Å². The Labute approximate surface area is 255 Å².